The van der Waals surface area contributed by atoms with E-state index in [1.807, 2.05) is 0 Å². The quantitative estimate of drug-likeness (QED) is 0.502. The zero-order chi connectivity index (χ0) is 23.3. The lowest BCUT2D eigenvalue weighted by atomic mass is 10.2. The first-order valence-electron chi connectivity index (χ1n) is 10.9. The van der Waals surface area contributed by atoms with Crippen LogP contribution >= 0.6 is 0 Å². The van der Waals surface area contributed by atoms with Gasteiger partial charge < -0.3 is 9.84 Å². The third-order valence-corrected chi connectivity index (χ3v) is 7.43. The Balaban J connectivity index is 1.56. The van der Waals surface area contributed by atoms with Gasteiger partial charge in [-0.15, -0.1) is 0 Å². The van der Waals surface area contributed by atoms with Gasteiger partial charge in [-0.1, -0.05) is 12.1 Å². The summed E-state index contributed by atoms with van der Waals surface area (Å²) in [5.74, 6) is 0.201. The number of hydrogen-bond acceptors (Lipinski definition) is 5. The van der Waals surface area contributed by atoms with Crippen molar-refractivity contribution in [3.8, 4) is 11.5 Å². The number of hydrogen-bond donors (Lipinski definition) is 1. The van der Waals surface area contributed by atoms with E-state index in [9.17, 15) is 17.9 Å². The molecule has 0 aromatic heterocycles. The van der Waals surface area contributed by atoms with E-state index in [0.717, 1.165) is 31.8 Å². The standard InChI is InChI=1S/C25H27FN2O4S/c26-21-6-12-25(13-7-21)33(30,31)28(19-20-4-3-5-23(29)18-20)22-8-10-24(11-9-22)32-17-16-27-14-1-2-15-27/h3-13,18,29H,1-2,14-17,19H2. The van der Waals surface area contributed by atoms with Gasteiger partial charge in [-0.05, 0) is 92.2 Å². The molecule has 33 heavy (non-hydrogen) atoms. The topological polar surface area (TPSA) is 70.1 Å². The fraction of sp³-hybridized carbons (Fsp3) is 0.280. The number of phenols is 1. The molecule has 3 aromatic rings. The maximum absolute atomic E-state index is 13.4. The highest BCUT2D eigenvalue weighted by Gasteiger charge is 2.25. The number of benzene rings is 3. The molecule has 0 spiro atoms. The molecule has 1 heterocycles. The van der Waals surface area contributed by atoms with Crippen molar-refractivity contribution in [3.05, 3.63) is 84.2 Å². The van der Waals surface area contributed by atoms with Crippen LogP contribution in [0.3, 0.4) is 0 Å². The number of ether oxygens (including phenoxy) is 1. The van der Waals surface area contributed by atoms with Crippen LogP contribution in [0.1, 0.15) is 18.4 Å². The zero-order valence-electron chi connectivity index (χ0n) is 18.2. The Labute approximate surface area is 193 Å². The van der Waals surface area contributed by atoms with Gasteiger partial charge in [0.25, 0.3) is 10.0 Å². The molecule has 0 radical (unpaired) electrons. The number of likely N-dealkylation sites (tertiary alicyclic amines) is 1. The minimum atomic E-state index is -3.99. The Bertz CT molecular complexity index is 1160. The minimum Gasteiger partial charge on any atom is -0.508 e. The van der Waals surface area contributed by atoms with Crippen molar-refractivity contribution in [3.63, 3.8) is 0 Å². The molecular weight excluding hydrogens is 443 g/mol. The average molecular weight is 471 g/mol. The summed E-state index contributed by atoms with van der Waals surface area (Å²) in [4.78, 5) is 2.34. The second kappa shape index (κ2) is 10.2. The summed E-state index contributed by atoms with van der Waals surface area (Å²) in [6.07, 6.45) is 2.46. The summed E-state index contributed by atoms with van der Waals surface area (Å²) in [5.41, 5.74) is 1.06. The van der Waals surface area contributed by atoms with Crippen LogP contribution in [0.5, 0.6) is 11.5 Å². The highest BCUT2D eigenvalue weighted by Crippen LogP contribution is 2.28. The van der Waals surface area contributed by atoms with Gasteiger partial charge >= 0.3 is 0 Å². The summed E-state index contributed by atoms with van der Waals surface area (Å²) in [6, 6.07) is 18.0. The molecule has 0 saturated carbocycles. The number of nitrogens with zero attached hydrogens (tertiary/aromatic N) is 2. The Hall–Kier alpha value is -3.10. The monoisotopic (exact) mass is 470 g/mol. The van der Waals surface area contributed by atoms with E-state index in [-0.39, 0.29) is 17.2 Å². The molecule has 1 N–H and O–H groups in total. The van der Waals surface area contributed by atoms with Crippen LogP contribution in [0.2, 0.25) is 0 Å². The van der Waals surface area contributed by atoms with Crippen molar-refractivity contribution in [2.45, 2.75) is 24.3 Å². The predicted octanol–water partition coefficient (Wildman–Crippen LogP) is 4.40. The highest BCUT2D eigenvalue weighted by atomic mass is 32.2. The number of sulfonamides is 1. The largest absolute Gasteiger partial charge is 0.508 e. The van der Waals surface area contributed by atoms with Gasteiger partial charge in [0.05, 0.1) is 17.1 Å². The molecule has 1 aliphatic rings. The molecule has 6 nitrogen and oxygen atoms in total. The van der Waals surface area contributed by atoms with E-state index in [2.05, 4.69) is 4.90 Å². The first-order valence-corrected chi connectivity index (χ1v) is 12.4. The molecular formula is C25H27FN2O4S. The molecule has 8 heteroatoms. The predicted molar refractivity (Wildman–Crippen MR) is 125 cm³/mol. The average Bonchev–Trinajstić information content (AvgIpc) is 3.32. The number of rotatable bonds is 9. The van der Waals surface area contributed by atoms with E-state index < -0.39 is 15.8 Å². The summed E-state index contributed by atoms with van der Waals surface area (Å²) >= 11 is 0. The fourth-order valence-electron chi connectivity index (χ4n) is 3.88. The van der Waals surface area contributed by atoms with E-state index in [0.29, 0.717) is 23.6 Å². The molecule has 3 aromatic carbocycles. The number of halogens is 1. The third-order valence-electron chi connectivity index (χ3n) is 5.64. The normalized spacial score (nSPS) is 14.3. The molecule has 174 valence electrons. The Morgan fingerprint density at radius 3 is 2.33 bits per heavy atom. The second-order valence-corrected chi connectivity index (χ2v) is 9.89. The van der Waals surface area contributed by atoms with Crippen LogP contribution in [0.25, 0.3) is 0 Å². The molecule has 0 atom stereocenters. The maximum Gasteiger partial charge on any atom is 0.264 e. The Morgan fingerprint density at radius 2 is 1.67 bits per heavy atom. The molecule has 0 unspecified atom stereocenters. The lowest BCUT2D eigenvalue weighted by Crippen LogP contribution is -2.30. The van der Waals surface area contributed by atoms with Gasteiger partial charge in [-0.3, -0.25) is 9.21 Å². The Morgan fingerprint density at radius 1 is 0.970 bits per heavy atom. The summed E-state index contributed by atoms with van der Waals surface area (Å²) in [6.45, 7) is 3.65. The van der Waals surface area contributed by atoms with Crippen LogP contribution in [0.4, 0.5) is 10.1 Å². The lowest BCUT2D eigenvalue weighted by Gasteiger charge is -2.25. The second-order valence-electron chi connectivity index (χ2n) is 8.03. The van der Waals surface area contributed by atoms with Crippen LogP contribution in [-0.2, 0) is 16.6 Å². The van der Waals surface area contributed by atoms with Gasteiger partial charge in [0.1, 0.15) is 23.9 Å². The van der Waals surface area contributed by atoms with Crippen molar-refractivity contribution in [2.75, 3.05) is 30.5 Å². The van der Waals surface area contributed by atoms with E-state index in [4.69, 9.17) is 4.74 Å². The van der Waals surface area contributed by atoms with Crippen LogP contribution in [0, 0.1) is 5.82 Å². The van der Waals surface area contributed by atoms with E-state index in [1.54, 1.807) is 36.4 Å². The van der Waals surface area contributed by atoms with Crippen LogP contribution in [-0.4, -0.2) is 44.7 Å². The first-order chi connectivity index (χ1) is 15.9. The molecule has 0 aliphatic carbocycles. The van der Waals surface area contributed by atoms with Crippen molar-refractivity contribution in [2.24, 2.45) is 0 Å². The molecule has 4 rings (SSSR count). The van der Waals surface area contributed by atoms with Crippen LogP contribution < -0.4 is 9.04 Å². The maximum atomic E-state index is 13.4. The van der Waals surface area contributed by atoms with Gasteiger partial charge in [0.2, 0.25) is 0 Å². The first kappa shape index (κ1) is 23.1. The molecule has 1 saturated heterocycles. The van der Waals surface area contributed by atoms with Gasteiger partial charge in [0, 0.05) is 6.54 Å². The van der Waals surface area contributed by atoms with E-state index >= 15 is 0 Å². The van der Waals surface area contributed by atoms with Crippen LogP contribution in [0.15, 0.2) is 77.7 Å². The SMILES string of the molecule is O=S(=O)(c1ccc(F)cc1)N(Cc1cccc(O)c1)c1ccc(OCCN2CCCC2)cc1. The zero-order valence-corrected chi connectivity index (χ0v) is 19.0. The number of anilines is 1. The molecule has 0 amide bonds. The lowest BCUT2D eigenvalue weighted by molar-refractivity contribution is 0.238. The third kappa shape index (κ3) is 5.83. The molecule has 1 fully saturated rings. The smallest absolute Gasteiger partial charge is 0.264 e. The van der Waals surface area contributed by atoms with Gasteiger partial charge in [-0.25, -0.2) is 12.8 Å². The van der Waals surface area contributed by atoms with Gasteiger partial charge in [-0.2, -0.15) is 0 Å². The summed E-state index contributed by atoms with van der Waals surface area (Å²) in [5, 5.41) is 9.81. The van der Waals surface area contributed by atoms with E-state index in [1.165, 1.54) is 41.4 Å². The summed E-state index contributed by atoms with van der Waals surface area (Å²) < 4.78 is 47.3. The van der Waals surface area contributed by atoms with Crippen molar-refractivity contribution >= 4 is 15.7 Å². The fourth-order valence-corrected chi connectivity index (χ4v) is 5.33. The minimum absolute atomic E-state index is 0.00325. The molecule has 0 bridgehead atoms. The van der Waals surface area contributed by atoms with Crippen molar-refractivity contribution in [1.82, 2.24) is 4.90 Å². The van der Waals surface area contributed by atoms with Gasteiger partial charge in [0.15, 0.2) is 0 Å². The van der Waals surface area contributed by atoms with Crippen molar-refractivity contribution in [1.29, 1.82) is 0 Å². The summed E-state index contributed by atoms with van der Waals surface area (Å²) in [7, 11) is -3.99. The number of phenolic OH excluding ortho intramolecular Hbond substituents is 1. The van der Waals surface area contributed by atoms with Crippen molar-refractivity contribution < 1.29 is 22.7 Å². The highest BCUT2D eigenvalue weighted by molar-refractivity contribution is 7.92. The Kier molecular flexibility index (Phi) is 7.15. The molecule has 1 aliphatic heterocycles. The number of aromatic hydroxyl groups is 1.